The van der Waals surface area contributed by atoms with Crippen molar-refractivity contribution >= 4 is 11.7 Å². The second kappa shape index (κ2) is 4.61. The zero-order chi connectivity index (χ0) is 13.2. The van der Waals surface area contributed by atoms with E-state index in [1.54, 1.807) is 31.5 Å². The molecule has 5 nitrogen and oxygen atoms in total. The number of aromatic nitrogens is 1. The number of ether oxygens (including phenoxy) is 2. The Bertz CT molecular complexity index is 628. The van der Waals surface area contributed by atoms with E-state index in [2.05, 4.69) is 10.3 Å². The summed E-state index contributed by atoms with van der Waals surface area (Å²) in [6.07, 6.45) is 0.917. The Morgan fingerprint density at radius 2 is 2.21 bits per heavy atom. The molecule has 0 aliphatic carbocycles. The summed E-state index contributed by atoms with van der Waals surface area (Å²) in [7, 11) is 1.58. The highest BCUT2D eigenvalue weighted by Gasteiger charge is 2.29. The largest absolute Gasteiger partial charge is 0.497 e. The minimum absolute atomic E-state index is 0.237. The van der Waals surface area contributed by atoms with E-state index in [1.807, 2.05) is 18.2 Å². The normalized spacial score (nSPS) is 17.1. The number of carbonyl (C=O) groups excluding carboxylic acids is 1. The van der Waals surface area contributed by atoms with Crippen LogP contribution >= 0.6 is 0 Å². The van der Waals surface area contributed by atoms with Crippen LogP contribution in [0.4, 0.5) is 5.82 Å². The average Bonchev–Trinajstić information content (AvgIpc) is 2.46. The number of hydrogen-bond donors (Lipinski definition) is 1. The molecule has 0 fully saturated rings. The average molecular weight is 256 g/mol. The van der Waals surface area contributed by atoms with Gasteiger partial charge in [0.2, 0.25) is 6.10 Å². The molecule has 5 heteroatoms. The van der Waals surface area contributed by atoms with Crippen LogP contribution in [0.3, 0.4) is 0 Å². The summed E-state index contributed by atoms with van der Waals surface area (Å²) < 4.78 is 10.9. The van der Waals surface area contributed by atoms with Crippen LogP contribution in [0.5, 0.6) is 11.5 Å². The Morgan fingerprint density at radius 3 is 3.05 bits per heavy atom. The van der Waals surface area contributed by atoms with Crippen molar-refractivity contribution in [3.05, 3.63) is 48.2 Å². The maximum Gasteiger partial charge on any atom is 0.271 e. The number of methoxy groups -OCH3 is 1. The van der Waals surface area contributed by atoms with Crippen LogP contribution in [0.1, 0.15) is 11.7 Å². The molecule has 96 valence electrons. The van der Waals surface area contributed by atoms with Gasteiger partial charge in [0.1, 0.15) is 5.75 Å². The zero-order valence-corrected chi connectivity index (χ0v) is 10.3. The second-order valence-electron chi connectivity index (χ2n) is 4.11. The summed E-state index contributed by atoms with van der Waals surface area (Å²) in [5.74, 6) is 1.46. The van der Waals surface area contributed by atoms with Crippen LogP contribution in [-0.2, 0) is 4.79 Å². The number of anilines is 1. The first-order valence-electron chi connectivity index (χ1n) is 5.84. The molecule has 0 saturated carbocycles. The number of rotatable bonds is 2. The highest BCUT2D eigenvalue weighted by atomic mass is 16.5. The Labute approximate surface area is 110 Å². The lowest BCUT2D eigenvalue weighted by atomic mass is 10.1. The molecule has 1 atom stereocenters. The minimum atomic E-state index is -0.688. The summed E-state index contributed by atoms with van der Waals surface area (Å²) in [5, 5.41) is 2.73. The number of nitrogens with zero attached hydrogens (tertiary/aromatic N) is 1. The SMILES string of the molecule is COc1cccc(C2Oc3cccnc3NC2=O)c1. The van der Waals surface area contributed by atoms with Crippen LogP contribution in [0.25, 0.3) is 0 Å². The predicted octanol–water partition coefficient (Wildman–Crippen LogP) is 2.16. The molecule has 1 N–H and O–H groups in total. The Hall–Kier alpha value is -2.56. The molecule has 0 saturated heterocycles. The van der Waals surface area contributed by atoms with Gasteiger partial charge in [-0.1, -0.05) is 12.1 Å². The van der Waals surface area contributed by atoms with Gasteiger partial charge in [0.15, 0.2) is 11.6 Å². The van der Waals surface area contributed by atoms with Gasteiger partial charge < -0.3 is 14.8 Å². The van der Waals surface area contributed by atoms with Crippen molar-refractivity contribution in [3.63, 3.8) is 0 Å². The third-order valence-corrected chi connectivity index (χ3v) is 2.89. The van der Waals surface area contributed by atoms with E-state index in [0.29, 0.717) is 17.3 Å². The number of fused-ring (bicyclic) bond motifs is 1. The monoisotopic (exact) mass is 256 g/mol. The summed E-state index contributed by atoms with van der Waals surface area (Å²) in [4.78, 5) is 16.1. The highest BCUT2D eigenvalue weighted by molar-refractivity contribution is 5.97. The number of pyridine rings is 1. The molecular weight excluding hydrogens is 244 g/mol. The third kappa shape index (κ3) is 2.10. The standard InChI is InChI=1S/C14H12N2O3/c1-18-10-5-2-4-9(8-10)12-14(17)16-13-11(19-12)6-3-7-15-13/h2-8,12H,1H3,(H,15,16,17). The molecule has 19 heavy (non-hydrogen) atoms. The van der Waals surface area contributed by atoms with Crippen molar-refractivity contribution in [2.24, 2.45) is 0 Å². The fourth-order valence-corrected chi connectivity index (χ4v) is 1.97. The third-order valence-electron chi connectivity index (χ3n) is 2.89. The maximum absolute atomic E-state index is 12.0. The van der Waals surface area contributed by atoms with Crippen LogP contribution in [0.15, 0.2) is 42.6 Å². The van der Waals surface area contributed by atoms with Crippen molar-refractivity contribution in [3.8, 4) is 11.5 Å². The van der Waals surface area contributed by atoms with Crippen LogP contribution in [0.2, 0.25) is 0 Å². The van der Waals surface area contributed by atoms with Gasteiger partial charge in [0.05, 0.1) is 7.11 Å². The molecular formula is C14H12N2O3. The van der Waals surface area contributed by atoms with E-state index in [0.717, 1.165) is 5.56 Å². The number of benzene rings is 1. The first-order valence-corrected chi connectivity index (χ1v) is 5.84. The Balaban J connectivity index is 1.96. The van der Waals surface area contributed by atoms with Crippen LogP contribution in [-0.4, -0.2) is 18.0 Å². The first kappa shape index (κ1) is 11.5. The second-order valence-corrected chi connectivity index (χ2v) is 4.11. The quantitative estimate of drug-likeness (QED) is 0.894. The smallest absolute Gasteiger partial charge is 0.271 e. The summed E-state index contributed by atoms with van der Waals surface area (Å²) in [5.41, 5.74) is 0.742. The number of amides is 1. The molecule has 0 radical (unpaired) electrons. The van der Waals surface area contributed by atoms with Gasteiger partial charge in [-0.2, -0.15) is 0 Å². The number of hydrogen-bond acceptors (Lipinski definition) is 4. The molecule has 1 amide bonds. The van der Waals surface area contributed by atoms with E-state index in [-0.39, 0.29) is 5.91 Å². The molecule has 2 heterocycles. The van der Waals surface area contributed by atoms with Gasteiger partial charge in [0, 0.05) is 11.8 Å². The van der Waals surface area contributed by atoms with Gasteiger partial charge >= 0.3 is 0 Å². The lowest BCUT2D eigenvalue weighted by Crippen LogP contribution is -2.30. The molecule has 1 aromatic carbocycles. The fraction of sp³-hybridized carbons (Fsp3) is 0.143. The Morgan fingerprint density at radius 1 is 1.32 bits per heavy atom. The summed E-state index contributed by atoms with van der Waals surface area (Å²) >= 11 is 0. The molecule has 1 aromatic heterocycles. The zero-order valence-electron chi connectivity index (χ0n) is 10.3. The van der Waals surface area contributed by atoms with Crippen molar-refractivity contribution in [1.29, 1.82) is 0 Å². The molecule has 1 aliphatic heterocycles. The van der Waals surface area contributed by atoms with E-state index in [9.17, 15) is 4.79 Å². The molecule has 0 spiro atoms. The van der Waals surface area contributed by atoms with Crippen molar-refractivity contribution in [1.82, 2.24) is 4.98 Å². The highest BCUT2D eigenvalue weighted by Crippen LogP contribution is 2.33. The molecule has 1 unspecified atom stereocenters. The van der Waals surface area contributed by atoms with Gasteiger partial charge in [-0.3, -0.25) is 4.79 Å². The van der Waals surface area contributed by atoms with Gasteiger partial charge in [0.25, 0.3) is 5.91 Å². The van der Waals surface area contributed by atoms with Crippen molar-refractivity contribution in [2.45, 2.75) is 6.10 Å². The van der Waals surface area contributed by atoms with Crippen LogP contribution in [0, 0.1) is 0 Å². The topological polar surface area (TPSA) is 60.5 Å². The van der Waals surface area contributed by atoms with Crippen LogP contribution < -0.4 is 14.8 Å². The van der Waals surface area contributed by atoms with Gasteiger partial charge in [-0.05, 0) is 24.3 Å². The maximum atomic E-state index is 12.0. The van der Waals surface area contributed by atoms with E-state index in [4.69, 9.17) is 9.47 Å². The summed E-state index contributed by atoms with van der Waals surface area (Å²) in [6, 6.07) is 10.8. The molecule has 1 aliphatic rings. The van der Waals surface area contributed by atoms with Gasteiger partial charge in [-0.25, -0.2) is 4.98 Å². The fourth-order valence-electron chi connectivity index (χ4n) is 1.97. The predicted molar refractivity (Wildman–Crippen MR) is 69.2 cm³/mol. The minimum Gasteiger partial charge on any atom is -0.497 e. The van der Waals surface area contributed by atoms with E-state index in [1.165, 1.54) is 0 Å². The summed E-state index contributed by atoms with van der Waals surface area (Å²) in [6.45, 7) is 0. The van der Waals surface area contributed by atoms with Crippen molar-refractivity contribution < 1.29 is 14.3 Å². The first-order chi connectivity index (χ1) is 9.28. The van der Waals surface area contributed by atoms with E-state index < -0.39 is 6.10 Å². The van der Waals surface area contributed by atoms with E-state index >= 15 is 0 Å². The van der Waals surface area contributed by atoms with Crippen molar-refractivity contribution in [2.75, 3.05) is 12.4 Å². The molecule has 3 rings (SSSR count). The molecule has 0 bridgehead atoms. The Kier molecular flexibility index (Phi) is 2.79. The molecule has 2 aromatic rings. The number of carbonyl (C=O) groups is 1. The lowest BCUT2D eigenvalue weighted by Gasteiger charge is -2.25. The number of nitrogens with one attached hydrogen (secondary N) is 1. The lowest BCUT2D eigenvalue weighted by molar-refractivity contribution is -0.123. The van der Waals surface area contributed by atoms with Gasteiger partial charge in [-0.15, -0.1) is 0 Å².